The van der Waals surface area contributed by atoms with Crippen LogP contribution in [-0.2, 0) is 4.79 Å². The molecule has 1 N–H and O–H groups in total. The molecular formula is C13H27NO. The summed E-state index contributed by atoms with van der Waals surface area (Å²) >= 11 is 0. The zero-order valence-corrected chi connectivity index (χ0v) is 11.2. The van der Waals surface area contributed by atoms with Gasteiger partial charge in [0.25, 0.3) is 0 Å². The third-order valence-corrected chi connectivity index (χ3v) is 2.30. The monoisotopic (exact) mass is 213 g/mol. The molecule has 0 bridgehead atoms. The Kier molecular flexibility index (Phi) is 5.33. The van der Waals surface area contributed by atoms with E-state index in [9.17, 15) is 4.79 Å². The van der Waals surface area contributed by atoms with Gasteiger partial charge in [-0.15, -0.1) is 0 Å². The van der Waals surface area contributed by atoms with E-state index in [2.05, 4.69) is 46.9 Å². The van der Waals surface area contributed by atoms with Crippen molar-refractivity contribution >= 4 is 5.91 Å². The summed E-state index contributed by atoms with van der Waals surface area (Å²) in [6.45, 7) is 13.9. The lowest BCUT2D eigenvalue weighted by Gasteiger charge is -2.19. The zero-order valence-electron chi connectivity index (χ0n) is 11.2. The van der Waals surface area contributed by atoms with Crippen LogP contribution in [0.4, 0.5) is 0 Å². The molecule has 0 aliphatic rings. The standard InChI is InChI=1S/C13H27NO/c1-12(2,3)8-7-11(15)14-10-9-13(4,5)6/h7-10H2,1-6H3,(H,14,15). The number of carbonyl (C=O) groups is 1. The Hall–Kier alpha value is -0.530. The lowest BCUT2D eigenvalue weighted by Crippen LogP contribution is -2.27. The first kappa shape index (κ1) is 14.5. The first-order chi connectivity index (χ1) is 6.60. The Bertz CT molecular complexity index is 196. The summed E-state index contributed by atoms with van der Waals surface area (Å²) in [5, 5.41) is 2.97. The predicted octanol–water partition coefficient (Wildman–Crippen LogP) is 3.37. The smallest absolute Gasteiger partial charge is 0.220 e. The highest BCUT2D eigenvalue weighted by atomic mass is 16.1. The minimum Gasteiger partial charge on any atom is -0.356 e. The van der Waals surface area contributed by atoms with E-state index in [1.54, 1.807) is 0 Å². The Balaban J connectivity index is 3.60. The van der Waals surface area contributed by atoms with Crippen molar-refractivity contribution in [3.63, 3.8) is 0 Å². The molecule has 0 saturated heterocycles. The molecule has 0 aromatic carbocycles. The fourth-order valence-corrected chi connectivity index (χ4v) is 1.15. The number of nitrogens with one attached hydrogen (secondary N) is 1. The molecule has 15 heavy (non-hydrogen) atoms. The second-order valence-electron chi connectivity index (χ2n) is 6.72. The average Bonchev–Trinajstić information content (AvgIpc) is 1.97. The highest BCUT2D eigenvalue weighted by molar-refractivity contribution is 5.75. The third kappa shape index (κ3) is 11.4. The first-order valence-corrected chi connectivity index (χ1v) is 5.87. The van der Waals surface area contributed by atoms with Gasteiger partial charge in [0.2, 0.25) is 5.91 Å². The maximum Gasteiger partial charge on any atom is 0.220 e. The van der Waals surface area contributed by atoms with Crippen molar-refractivity contribution in [2.75, 3.05) is 6.54 Å². The molecule has 0 aliphatic heterocycles. The molecule has 0 heterocycles. The van der Waals surface area contributed by atoms with Gasteiger partial charge in [0, 0.05) is 13.0 Å². The topological polar surface area (TPSA) is 29.1 Å². The fraction of sp³-hybridized carbons (Fsp3) is 0.923. The van der Waals surface area contributed by atoms with E-state index in [4.69, 9.17) is 0 Å². The molecule has 0 spiro atoms. The molecule has 2 heteroatoms. The lowest BCUT2D eigenvalue weighted by atomic mass is 9.90. The second kappa shape index (κ2) is 5.53. The normalized spacial score (nSPS) is 12.7. The molecule has 0 unspecified atom stereocenters. The van der Waals surface area contributed by atoms with Crippen LogP contribution < -0.4 is 5.32 Å². The number of amides is 1. The quantitative estimate of drug-likeness (QED) is 0.762. The lowest BCUT2D eigenvalue weighted by molar-refractivity contribution is -0.121. The highest BCUT2D eigenvalue weighted by Gasteiger charge is 2.14. The van der Waals surface area contributed by atoms with Crippen molar-refractivity contribution in [2.24, 2.45) is 10.8 Å². The molecule has 0 aromatic heterocycles. The summed E-state index contributed by atoms with van der Waals surface area (Å²) < 4.78 is 0. The van der Waals surface area contributed by atoms with Gasteiger partial charge in [0.05, 0.1) is 0 Å². The van der Waals surface area contributed by atoms with Crippen LogP contribution in [0.25, 0.3) is 0 Å². The molecule has 0 aliphatic carbocycles. The van der Waals surface area contributed by atoms with Crippen LogP contribution in [0.5, 0.6) is 0 Å². The third-order valence-electron chi connectivity index (χ3n) is 2.30. The van der Waals surface area contributed by atoms with Crippen molar-refractivity contribution in [1.82, 2.24) is 5.32 Å². The van der Waals surface area contributed by atoms with Gasteiger partial charge >= 0.3 is 0 Å². The van der Waals surface area contributed by atoms with E-state index >= 15 is 0 Å². The maximum absolute atomic E-state index is 11.5. The first-order valence-electron chi connectivity index (χ1n) is 5.87. The second-order valence-corrected chi connectivity index (χ2v) is 6.72. The summed E-state index contributed by atoms with van der Waals surface area (Å²) in [5.41, 5.74) is 0.554. The predicted molar refractivity (Wildman–Crippen MR) is 65.8 cm³/mol. The Morgan fingerprint density at radius 2 is 1.40 bits per heavy atom. The van der Waals surface area contributed by atoms with Gasteiger partial charge in [-0.2, -0.15) is 0 Å². The minimum absolute atomic E-state index is 0.189. The summed E-state index contributed by atoms with van der Waals surface area (Å²) in [7, 11) is 0. The van der Waals surface area contributed by atoms with Crippen LogP contribution in [0.1, 0.15) is 60.8 Å². The highest BCUT2D eigenvalue weighted by Crippen LogP contribution is 2.20. The van der Waals surface area contributed by atoms with Crippen LogP contribution in [0.2, 0.25) is 0 Å². The summed E-state index contributed by atoms with van der Waals surface area (Å²) in [5.74, 6) is 0.189. The number of hydrogen-bond donors (Lipinski definition) is 1. The number of hydrogen-bond acceptors (Lipinski definition) is 1. The van der Waals surface area contributed by atoms with Crippen molar-refractivity contribution in [2.45, 2.75) is 60.8 Å². The van der Waals surface area contributed by atoms with E-state index in [1.807, 2.05) is 0 Å². The van der Waals surface area contributed by atoms with Crippen LogP contribution in [-0.4, -0.2) is 12.5 Å². The Morgan fingerprint density at radius 1 is 0.933 bits per heavy atom. The van der Waals surface area contributed by atoms with Gasteiger partial charge in [-0.1, -0.05) is 41.5 Å². The molecule has 0 radical (unpaired) electrons. The number of rotatable bonds is 4. The van der Waals surface area contributed by atoms with Crippen molar-refractivity contribution < 1.29 is 4.79 Å². The minimum atomic E-state index is 0.189. The average molecular weight is 213 g/mol. The Labute approximate surface area is 94.8 Å². The van der Waals surface area contributed by atoms with Gasteiger partial charge < -0.3 is 5.32 Å². The molecule has 2 nitrogen and oxygen atoms in total. The molecule has 0 atom stereocenters. The summed E-state index contributed by atoms with van der Waals surface area (Å²) in [6, 6.07) is 0. The number of carbonyl (C=O) groups excluding carboxylic acids is 1. The molecule has 0 rings (SSSR count). The van der Waals surface area contributed by atoms with Crippen molar-refractivity contribution in [3.8, 4) is 0 Å². The maximum atomic E-state index is 11.5. The molecular weight excluding hydrogens is 186 g/mol. The van der Waals surface area contributed by atoms with Crippen molar-refractivity contribution in [1.29, 1.82) is 0 Å². The van der Waals surface area contributed by atoms with E-state index in [1.165, 1.54) is 0 Å². The SMILES string of the molecule is CC(C)(C)CCNC(=O)CCC(C)(C)C. The largest absolute Gasteiger partial charge is 0.356 e. The molecule has 1 amide bonds. The van der Waals surface area contributed by atoms with E-state index in [-0.39, 0.29) is 11.3 Å². The van der Waals surface area contributed by atoms with Crippen LogP contribution in [0.3, 0.4) is 0 Å². The fourth-order valence-electron chi connectivity index (χ4n) is 1.15. The van der Waals surface area contributed by atoms with E-state index in [0.717, 1.165) is 19.4 Å². The van der Waals surface area contributed by atoms with Gasteiger partial charge in [-0.05, 0) is 23.7 Å². The van der Waals surface area contributed by atoms with E-state index < -0.39 is 0 Å². The zero-order chi connectivity index (χ0) is 12.1. The molecule has 90 valence electrons. The Morgan fingerprint density at radius 3 is 1.80 bits per heavy atom. The molecule has 0 aromatic rings. The summed E-state index contributed by atoms with van der Waals surface area (Å²) in [6.07, 6.45) is 2.64. The van der Waals surface area contributed by atoms with Gasteiger partial charge in [-0.25, -0.2) is 0 Å². The van der Waals surface area contributed by atoms with Crippen LogP contribution >= 0.6 is 0 Å². The van der Waals surface area contributed by atoms with Crippen molar-refractivity contribution in [3.05, 3.63) is 0 Å². The van der Waals surface area contributed by atoms with Gasteiger partial charge in [0.1, 0.15) is 0 Å². The van der Waals surface area contributed by atoms with E-state index in [0.29, 0.717) is 11.8 Å². The van der Waals surface area contributed by atoms with Crippen LogP contribution in [0, 0.1) is 10.8 Å². The van der Waals surface area contributed by atoms with Crippen LogP contribution in [0.15, 0.2) is 0 Å². The summed E-state index contributed by atoms with van der Waals surface area (Å²) in [4.78, 5) is 11.5. The molecule has 0 fully saturated rings. The van der Waals surface area contributed by atoms with Gasteiger partial charge in [0.15, 0.2) is 0 Å². The molecule has 0 saturated carbocycles. The van der Waals surface area contributed by atoms with Gasteiger partial charge in [-0.3, -0.25) is 4.79 Å².